The smallest absolute Gasteiger partial charge is 0.251 e. The van der Waals surface area contributed by atoms with Gasteiger partial charge in [0.15, 0.2) is 0 Å². The molecule has 17 heavy (non-hydrogen) atoms. The first kappa shape index (κ1) is 14.9. The first-order chi connectivity index (χ1) is 8.15. The summed E-state index contributed by atoms with van der Waals surface area (Å²) >= 11 is 11.0. The Morgan fingerprint density at radius 2 is 2.24 bits per heavy atom. The van der Waals surface area contributed by atoms with E-state index in [4.69, 9.17) is 11.6 Å². The number of carbonyl (C=O) groups excluding carboxylic acids is 1. The summed E-state index contributed by atoms with van der Waals surface area (Å²) in [4.78, 5) is 11.8. The number of hydrogen-bond acceptors (Lipinski definition) is 2. The van der Waals surface area contributed by atoms with Gasteiger partial charge in [0.25, 0.3) is 5.91 Å². The highest BCUT2D eigenvalue weighted by molar-refractivity contribution is 9.10. The van der Waals surface area contributed by atoms with Crippen LogP contribution in [-0.2, 0) is 0 Å². The molecule has 1 rings (SSSR count). The molecule has 5 heteroatoms. The third-order valence-electron chi connectivity index (χ3n) is 2.24. The lowest BCUT2D eigenvalue weighted by Crippen LogP contribution is -2.24. The van der Waals surface area contributed by atoms with Gasteiger partial charge in [-0.1, -0.05) is 11.6 Å². The normalized spacial score (nSPS) is 10.3. The van der Waals surface area contributed by atoms with Gasteiger partial charge in [-0.05, 0) is 59.0 Å². The van der Waals surface area contributed by atoms with E-state index < -0.39 is 0 Å². The molecule has 0 aliphatic rings. The molecule has 1 aromatic rings. The van der Waals surface area contributed by atoms with Crippen molar-refractivity contribution in [3.63, 3.8) is 0 Å². The number of hydrogen-bond donors (Lipinski definition) is 1. The van der Waals surface area contributed by atoms with Gasteiger partial charge >= 0.3 is 0 Å². The van der Waals surface area contributed by atoms with Gasteiger partial charge in [-0.15, -0.1) is 0 Å². The van der Waals surface area contributed by atoms with Crippen LogP contribution in [0, 0.1) is 0 Å². The van der Waals surface area contributed by atoms with Gasteiger partial charge in [0.1, 0.15) is 0 Å². The average Bonchev–Trinajstić information content (AvgIpc) is 2.32. The summed E-state index contributed by atoms with van der Waals surface area (Å²) in [6.07, 6.45) is 4.22. The topological polar surface area (TPSA) is 29.1 Å². The Labute approximate surface area is 120 Å². The van der Waals surface area contributed by atoms with E-state index in [1.807, 2.05) is 11.8 Å². The average molecular weight is 337 g/mol. The Hall–Kier alpha value is -0.190. The molecule has 0 bridgehead atoms. The number of benzene rings is 1. The third kappa shape index (κ3) is 5.32. The van der Waals surface area contributed by atoms with E-state index in [1.54, 1.807) is 18.2 Å². The predicted octanol–water partition coefficient (Wildman–Crippen LogP) is 3.98. The number of halogens is 2. The summed E-state index contributed by atoms with van der Waals surface area (Å²) in [5, 5.41) is 3.44. The Kier molecular flexibility index (Phi) is 7.00. The summed E-state index contributed by atoms with van der Waals surface area (Å²) in [6, 6.07) is 5.21. The highest BCUT2D eigenvalue weighted by Gasteiger charge is 2.06. The quantitative estimate of drug-likeness (QED) is 0.796. The van der Waals surface area contributed by atoms with E-state index in [0.717, 1.165) is 23.1 Å². The molecule has 0 atom stereocenters. The SMILES string of the molecule is CSCCCCNC(=O)c1ccc(Br)c(Cl)c1. The lowest BCUT2D eigenvalue weighted by Gasteiger charge is -2.05. The molecule has 0 aromatic heterocycles. The molecular weight excluding hydrogens is 322 g/mol. The lowest BCUT2D eigenvalue weighted by atomic mass is 10.2. The maximum absolute atomic E-state index is 11.8. The van der Waals surface area contributed by atoms with Crippen LogP contribution in [0.2, 0.25) is 5.02 Å². The number of nitrogens with one attached hydrogen (secondary N) is 1. The second-order valence-electron chi connectivity index (χ2n) is 3.58. The van der Waals surface area contributed by atoms with Gasteiger partial charge in [0.2, 0.25) is 0 Å². The summed E-state index contributed by atoms with van der Waals surface area (Å²) in [5.74, 6) is 1.07. The zero-order chi connectivity index (χ0) is 12.7. The number of rotatable bonds is 6. The number of amides is 1. The van der Waals surface area contributed by atoms with Crippen molar-refractivity contribution in [1.29, 1.82) is 0 Å². The Morgan fingerprint density at radius 3 is 2.88 bits per heavy atom. The Bertz CT molecular complexity index is 387. The van der Waals surface area contributed by atoms with Crippen LogP contribution in [0.3, 0.4) is 0 Å². The van der Waals surface area contributed by atoms with Gasteiger partial charge in [-0.3, -0.25) is 4.79 Å². The molecule has 0 unspecified atom stereocenters. The molecule has 2 nitrogen and oxygen atoms in total. The summed E-state index contributed by atoms with van der Waals surface area (Å²) in [5.41, 5.74) is 0.600. The minimum atomic E-state index is -0.0662. The second-order valence-corrected chi connectivity index (χ2v) is 5.83. The third-order valence-corrected chi connectivity index (χ3v) is 4.17. The molecule has 1 aromatic carbocycles. The molecule has 0 heterocycles. The fourth-order valence-electron chi connectivity index (χ4n) is 1.31. The molecular formula is C12H15BrClNOS. The van der Waals surface area contributed by atoms with Crippen LogP contribution < -0.4 is 5.32 Å². The van der Waals surface area contributed by atoms with Crippen LogP contribution in [0.5, 0.6) is 0 Å². The molecule has 1 amide bonds. The van der Waals surface area contributed by atoms with E-state index in [9.17, 15) is 4.79 Å². The predicted molar refractivity (Wildman–Crippen MR) is 79.1 cm³/mol. The standard InChI is InChI=1S/C12H15BrClNOS/c1-17-7-3-2-6-15-12(16)9-4-5-10(13)11(14)8-9/h4-5,8H,2-3,6-7H2,1H3,(H,15,16). The summed E-state index contributed by atoms with van der Waals surface area (Å²) in [7, 11) is 0. The van der Waals surface area contributed by atoms with E-state index in [1.165, 1.54) is 0 Å². The van der Waals surface area contributed by atoms with E-state index in [0.29, 0.717) is 17.1 Å². The van der Waals surface area contributed by atoms with Crippen LogP contribution in [-0.4, -0.2) is 24.5 Å². The minimum Gasteiger partial charge on any atom is -0.352 e. The van der Waals surface area contributed by atoms with Crippen molar-refractivity contribution >= 4 is 45.2 Å². The van der Waals surface area contributed by atoms with Crippen molar-refractivity contribution < 1.29 is 4.79 Å². The first-order valence-electron chi connectivity index (χ1n) is 5.37. The molecule has 0 spiro atoms. The van der Waals surface area contributed by atoms with Crippen LogP contribution in [0.1, 0.15) is 23.2 Å². The van der Waals surface area contributed by atoms with E-state index in [-0.39, 0.29) is 5.91 Å². The van der Waals surface area contributed by atoms with Gasteiger partial charge in [0, 0.05) is 16.6 Å². The second kappa shape index (κ2) is 8.01. The zero-order valence-corrected chi connectivity index (χ0v) is 12.8. The Balaban J connectivity index is 2.39. The fourth-order valence-corrected chi connectivity index (χ4v) is 2.23. The lowest BCUT2D eigenvalue weighted by molar-refractivity contribution is 0.0953. The van der Waals surface area contributed by atoms with Crippen molar-refractivity contribution in [3.8, 4) is 0 Å². The minimum absolute atomic E-state index is 0.0662. The van der Waals surface area contributed by atoms with Gasteiger partial charge in [-0.2, -0.15) is 11.8 Å². The zero-order valence-electron chi connectivity index (χ0n) is 9.63. The van der Waals surface area contributed by atoms with Crippen LogP contribution >= 0.6 is 39.3 Å². The van der Waals surface area contributed by atoms with E-state index >= 15 is 0 Å². The van der Waals surface area contributed by atoms with Crippen LogP contribution in [0.25, 0.3) is 0 Å². The van der Waals surface area contributed by atoms with Crippen molar-refractivity contribution in [1.82, 2.24) is 5.32 Å². The molecule has 0 aliphatic heterocycles. The monoisotopic (exact) mass is 335 g/mol. The van der Waals surface area contributed by atoms with Gasteiger partial charge < -0.3 is 5.32 Å². The number of carbonyl (C=O) groups is 1. The van der Waals surface area contributed by atoms with Gasteiger partial charge in [-0.25, -0.2) is 0 Å². The fraction of sp³-hybridized carbons (Fsp3) is 0.417. The maximum Gasteiger partial charge on any atom is 0.251 e. The van der Waals surface area contributed by atoms with Crippen molar-refractivity contribution in [2.75, 3.05) is 18.6 Å². The van der Waals surface area contributed by atoms with Crippen molar-refractivity contribution in [3.05, 3.63) is 33.3 Å². The summed E-state index contributed by atoms with van der Waals surface area (Å²) < 4.78 is 0.802. The van der Waals surface area contributed by atoms with Gasteiger partial charge in [0.05, 0.1) is 5.02 Å². The maximum atomic E-state index is 11.8. The van der Waals surface area contributed by atoms with Crippen LogP contribution in [0.15, 0.2) is 22.7 Å². The van der Waals surface area contributed by atoms with Crippen molar-refractivity contribution in [2.45, 2.75) is 12.8 Å². The highest BCUT2D eigenvalue weighted by Crippen LogP contribution is 2.23. The Morgan fingerprint density at radius 1 is 1.47 bits per heavy atom. The van der Waals surface area contributed by atoms with E-state index in [2.05, 4.69) is 27.5 Å². The van der Waals surface area contributed by atoms with Crippen molar-refractivity contribution in [2.24, 2.45) is 0 Å². The molecule has 94 valence electrons. The molecule has 0 saturated carbocycles. The molecule has 0 saturated heterocycles. The number of unbranched alkanes of at least 4 members (excludes halogenated alkanes) is 1. The highest BCUT2D eigenvalue weighted by atomic mass is 79.9. The summed E-state index contributed by atoms with van der Waals surface area (Å²) in [6.45, 7) is 0.715. The molecule has 1 N–H and O–H groups in total. The number of thioether (sulfide) groups is 1. The largest absolute Gasteiger partial charge is 0.352 e. The molecule has 0 radical (unpaired) electrons. The van der Waals surface area contributed by atoms with Crippen LogP contribution in [0.4, 0.5) is 0 Å². The first-order valence-corrected chi connectivity index (χ1v) is 7.94. The molecule has 0 aliphatic carbocycles. The molecule has 0 fully saturated rings.